The fraction of sp³-hybridized carbons (Fsp3) is 0.214. The molecule has 1 atom stereocenters. The third-order valence-corrected chi connectivity index (χ3v) is 3.20. The van der Waals surface area contributed by atoms with Crippen molar-refractivity contribution in [3.05, 3.63) is 47.5 Å². The van der Waals surface area contributed by atoms with Crippen molar-refractivity contribution in [3.63, 3.8) is 0 Å². The molecule has 0 fully saturated rings. The summed E-state index contributed by atoms with van der Waals surface area (Å²) in [5, 5.41) is 8.98. The van der Waals surface area contributed by atoms with Gasteiger partial charge in [-0.1, -0.05) is 25.6 Å². The van der Waals surface area contributed by atoms with Crippen LogP contribution in [0.3, 0.4) is 0 Å². The molecule has 1 heterocycles. The fourth-order valence-electron chi connectivity index (χ4n) is 2.22. The standard InChI is InChI=1S/C14H13NO4/c1-3-11(8(2)14(18)19)15-12(16)9-6-4-5-7-10(9)13(15)17/h4-7,11H,2-3H2,1H3,(H,18,19). The molecule has 1 aliphatic heterocycles. The van der Waals surface area contributed by atoms with E-state index in [9.17, 15) is 14.4 Å². The van der Waals surface area contributed by atoms with Crippen LogP contribution in [0, 0.1) is 0 Å². The smallest absolute Gasteiger partial charge is 0.333 e. The first-order chi connectivity index (χ1) is 8.99. The predicted molar refractivity (Wildman–Crippen MR) is 67.8 cm³/mol. The van der Waals surface area contributed by atoms with Crippen LogP contribution in [0.5, 0.6) is 0 Å². The highest BCUT2D eigenvalue weighted by Gasteiger charge is 2.41. The zero-order chi connectivity index (χ0) is 14.2. The lowest BCUT2D eigenvalue weighted by Gasteiger charge is -2.24. The average Bonchev–Trinajstić information content (AvgIpc) is 2.65. The molecular weight excluding hydrogens is 246 g/mol. The number of benzene rings is 1. The summed E-state index contributed by atoms with van der Waals surface area (Å²) in [6, 6.07) is 5.64. The summed E-state index contributed by atoms with van der Waals surface area (Å²) in [4.78, 5) is 36.4. The van der Waals surface area contributed by atoms with Gasteiger partial charge in [-0.3, -0.25) is 14.5 Å². The van der Waals surface area contributed by atoms with Gasteiger partial charge in [0.25, 0.3) is 11.8 Å². The van der Waals surface area contributed by atoms with Gasteiger partial charge < -0.3 is 5.11 Å². The van der Waals surface area contributed by atoms with E-state index in [-0.39, 0.29) is 5.57 Å². The van der Waals surface area contributed by atoms with Crippen molar-refractivity contribution in [1.82, 2.24) is 4.90 Å². The van der Waals surface area contributed by atoms with E-state index >= 15 is 0 Å². The fourth-order valence-corrected chi connectivity index (χ4v) is 2.22. The zero-order valence-electron chi connectivity index (χ0n) is 10.4. The van der Waals surface area contributed by atoms with Gasteiger partial charge in [0.1, 0.15) is 0 Å². The van der Waals surface area contributed by atoms with Crippen molar-refractivity contribution in [2.75, 3.05) is 0 Å². The molecule has 2 rings (SSSR count). The Morgan fingerprint density at radius 2 is 1.74 bits per heavy atom. The van der Waals surface area contributed by atoms with E-state index in [2.05, 4.69) is 6.58 Å². The van der Waals surface area contributed by atoms with Gasteiger partial charge in [0.05, 0.1) is 22.7 Å². The summed E-state index contributed by atoms with van der Waals surface area (Å²) in [5.41, 5.74) is 0.463. The molecular formula is C14H13NO4. The number of carboxylic acids is 1. The minimum Gasteiger partial charge on any atom is -0.478 e. The normalized spacial score (nSPS) is 15.3. The highest BCUT2D eigenvalue weighted by molar-refractivity contribution is 6.22. The third-order valence-electron chi connectivity index (χ3n) is 3.20. The van der Waals surface area contributed by atoms with Crippen LogP contribution < -0.4 is 0 Å². The first-order valence-corrected chi connectivity index (χ1v) is 5.88. The molecule has 19 heavy (non-hydrogen) atoms. The summed E-state index contributed by atoms with van der Waals surface area (Å²) >= 11 is 0. The van der Waals surface area contributed by atoms with E-state index in [1.165, 1.54) is 0 Å². The van der Waals surface area contributed by atoms with Gasteiger partial charge in [-0.15, -0.1) is 0 Å². The number of carboxylic acid groups (broad SMARTS) is 1. The summed E-state index contributed by atoms with van der Waals surface area (Å²) in [6.07, 6.45) is 0.316. The Morgan fingerprint density at radius 3 is 2.11 bits per heavy atom. The van der Waals surface area contributed by atoms with Crippen molar-refractivity contribution < 1.29 is 19.5 Å². The monoisotopic (exact) mass is 259 g/mol. The van der Waals surface area contributed by atoms with Crippen molar-refractivity contribution in [3.8, 4) is 0 Å². The van der Waals surface area contributed by atoms with Gasteiger partial charge in [-0.25, -0.2) is 4.79 Å². The van der Waals surface area contributed by atoms with Crippen LogP contribution in [-0.2, 0) is 4.79 Å². The maximum Gasteiger partial charge on any atom is 0.333 e. The molecule has 1 unspecified atom stereocenters. The quantitative estimate of drug-likeness (QED) is 0.659. The molecule has 2 amide bonds. The largest absolute Gasteiger partial charge is 0.478 e. The van der Waals surface area contributed by atoms with Gasteiger partial charge in [-0.2, -0.15) is 0 Å². The second kappa shape index (κ2) is 4.68. The lowest BCUT2D eigenvalue weighted by atomic mass is 10.0. The van der Waals surface area contributed by atoms with E-state index in [0.717, 1.165) is 4.90 Å². The molecule has 1 N–H and O–H groups in total. The van der Waals surface area contributed by atoms with Crippen molar-refractivity contribution in [2.45, 2.75) is 19.4 Å². The van der Waals surface area contributed by atoms with Crippen molar-refractivity contribution in [1.29, 1.82) is 0 Å². The highest BCUT2D eigenvalue weighted by Crippen LogP contribution is 2.27. The highest BCUT2D eigenvalue weighted by atomic mass is 16.4. The number of fused-ring (bicyclic) bond motifs is 1. The lowest BCUT2D eigenvalue weighted by molar-refractivity contribution is -0.133. The van der Waals surface area contributed by atoms with E-state index in [1.807, 2.05) is 0 Å². The number of carbonyl (C=O) groups is 3. The molecule has 5 nitrogen and oxygen atoms in total. The van der Waals surface area contributed by atoms with Crippen LogP contribution in [0.25, 0.3) is 0 Å². The predicted octanol–water partition coefficient (Wildman–Crippen LogP) is 1.70. The molecule has 1 aromatic carbocycles. The van der Waals surface area contributed by atoms with Crippen LogP contribution in [0.2, 0.25) is 0 Å². The molecule has 0 bridgehead atoms. The molecule has 0 saturated heterocycles. The second-order valence-electron chi connectivity index (χ2n) is 4.28. The molecule has 1 aliphatic rings. The average molecular weight is 259 g/mol. The number of hydrogen-bond acceptors (Lipinski definition) is 3. The lowest BCUT2D eigenvalue weighted by Crippen LogP contribution is -2.42. The Labute approximate surface area is 110 Å². The molecule has 5 heteroatoms. The molecule has 0 radical (unpaired) electrons. The Bertz CT molecular complexity index is 556. The topological polar surface area (TPSA) is 74.7 Å². The number of hydrogen-bond donors (Lipinski definition) is 1. The van der Waals surface area contributed by atoms with Gasteiger partial charge in [0.2, 0.25) is 0 Å². The van der Waals surface area contributed by atoms with E-state index in [1.54, 1.807) is 31.2 Å². The molecule has 0 spiro atoms. The van der Waals surface area contributed by atoms with Gasteiger partial charge in [0.15, 0.2) is 0 Å². The Balaban J connectivity index is 2.43. The molecule has 98 valence electrons. The summed E-state index contributed by atoms with van der Waals surface area (Å²) in [7, 11) is 0. The number of nitrogens with zero attached hydrogens (tertiary/aromatic N) is 1. The zero-order valence-corrected chi connectivity index (χ0v) is 10.4. The SMILES string of the molecule is C=C(C(=O)O)C(CC)N1C(=O)c2ccccc2C1=O. The summed E-state index contributed by atoms with van der Waals surface area (Å²) in [5.74, 6) is -2.13. The van der Waals surface area contributed by atoms with Crippen LogP contribution in [0.15, 0.2) is 36.4 Å². The van der Waals surface area contributed by atoms with Gasteiger partial charge in [0, 0.05) is 0 Å². The van der Waals surface area contributed by atoms with Crippen LogP contribution in [-0.4, -0.2) is 33.8 Å². The maximum atomic E-state index is 12.2. The maximum absolute atomic E-state index is 12.2. The van der Waals surface area contributed by atoms with Crippen molar-refractivity contribution >= 4 is 17.8 Å². The molecule has 0 saturated carbocycles. The Hall–Kier alpha value is -2.43. The summed E-state index contributed by atoms with van der Waals surface area (Å²) in [6.45, 7) is 5.17. The second-order valence-corrected chi connectivity index (χ2v) is 4.28. The summed E-state index contributed by atoms with van der Waals surface area (Å²) < 4.78 is 0. The number of amides is 2. The minimum absolute atomic E-state index is 0.156. The first-order valence-electron chi connectivity index (χ1n) is 5.88. The number of carbonyl (C=O) groups excluding carboxylic acids is 2. The van der Waals surface area contributed by atoms with Crippen LogP contribution in [0.4, 0.5) is 0 Å². The van der Waals surface area contributed by atoms with Gasteiger partial charge in [-0.05, 0) is 18.6 Å². The van der Waals surface area contributed by atoms with E-state index in [4.69, 9.17) is 5.11 Å². The van der Waals surface area contributed by atoms with Crippen molar-refractivity contribution in [2.24, 2.45) is 0 Å². The minimum atomic E-state index is -1.21. The van der Waals surface area contributed by atoms with Gasteiger partial charge >= 0.3 is 5.97 Å². The molecule has 0 aromatic heterocycles. The molecule has 1 aromatic rings. The number of aliphatic carboxylic acids is 1. The Morgan fingerprint density at radius 1 is 1.26 bits per heavy atom. The number of rotatable bonds is 4. The third kappa shape index (κ3) is 1.93. The Kier molecular flexibility index (Phi) is 3.21. The first kappa shape index (κ1) is 13.0. The number of imide groups is 1. The van der Waals surface area contributed by atoms with E-state index in [0.29, 0.717) is 17.5 Å². The van der Waals surface area contributed by atoms with E-state index < -0.39 is 23.8 Å². The van der Waals surface area contributed by atoms with Crippen LogP contribution in [0.1, 0.15) is 34.1 Å². The molecule has 0 aliphatic carbocycles. The van der Waals surface area contributed by atoms with Crippen LogP contribution >= 0.6 is 0 Å².